The number of hydrogen-bond acceptors (Lipinski definition) is 5. The summed E-state index contributed by atoms with van der Waals surface area (Å²) in [5, 5.41) is 0. The van der Waals surface area contributed by atoms with Gasteiger partial charge in [0.05, 0.1) is 26.4 Å². The van der Waals surface area contributed by atoms with Gasteiger partial charge in [0.25, 0.3) is 0 Å². The molecule has 6 unspecified atom stereocenters. The molecule has 2 saturated heterocycles. The quantitative estimate of drug-likeness (QED) is 0.450. The highest BCUT2D eigenvalue weighted by Gasteiger charge is 2.62. The van der Waals surface area contributed by atoms with Gasteiger partial charge in [-0.15, -0.1) is 0 Å². The zero-order chi connectivity index (χ0) is 25.4. The topological polar surface area (TPSA) is 40.2 Å². The van der Waals surface area contributed by atoms with E-state index in [4.69, 9.17) is 18.9 Å². The number of hydrogen-bond donors (Lipinski definition) is 0. The molecule has 6 atom stereocenters. The van der Waals surface area contributed by atoms with E-state index in [1.54, 1.807) is 5.57 Å². The zero-order valence-electron chi connectivity index (χ0n) is 23.3. The molecule has 0 bridgehead atoms. The molecule has 1 aromatic rings. The van der Waals surface area contributed by atoms with Gasteiger partial charge in [-0.2, -0.15) is 0 Å². The van der Waals surface area contributed by atoms with Crippen LogP contribution in [0.5, 0.6) is 0 Å². The first-order valence-electron chi connectivity index (χ1n) is 14.9. The van der Waals surface area contributed by atoms with Crippen molar-refractivity contribution in [2.24, 2.45) is 29.1 Å². The lowest BCUT2D eigenvalue weighted by Crippen LogP contribution is -2.50. The Morgan fingerprint density at radius 3 is 2.22 bits per heavy atom. The fourth-order valence-corrected chi connectivity index (χ4v) is 9.88. The highest BCUT2D eigenvalue weighted by atomic mass is 16.7. The maximum atomic E-state index is 6.33. The van der Waals surface area contributed by atoms with Crippen molar-refractivity contribution in [1.82, 2.24) is 0 Å². The molecule has 0 amide bonds. The minimum Gasteiger partial charge on any atom is -0.378 e. The molecule has 0 aromatic heterocycles. The molecule has 6 aliphatic rings. The van der Waals surface area contributed by atoms with Gasteiger partial charge in [-0.05, 0) is 86.3 Å². The molecule has 1 aromatic carbocycles. The number of rotatable bonds is 3. The van der Waals surface area contributed by atoms with E-state index >= 15 is 0 Å². The van der Waals surface area contributed by atoms with Crippen LogP contribution in [0.25, 0.3) is 0 Å². The molecule has 0 radical (unpaired) electrons. The second-order valence-corrected chi connectivity index (χ2v) is 13.4. The summed E-state index contributed by atoms with van der Waals surface area (Å²) in [6.45, 7) is 7.80. The van der Waals surface area contributed by atoms with Crippen LogP contribution in [-0.4, -0.2) is 52.1 Å². The largest absolute Gasteiger partial charge is 0.378 e. The molecule has 7 rings (SSSR count). The Morgan fingerprint density at radius 2 is 1.51 bits per heavy atom. The first-order valence-corrected chi connectivity index (χ1v) is 14.9. The number of nitrogens with zero attached hydrogens (tertiary/aromatic N) is 1. The average molecular weight is 508 g/mol. The minimum absolute atomic E-state index is 0.221. The Hall–Kier alpha value is -1.40. The third kappa shape index (κ3) is 3.78. The molecule has 37 heavy (non-hydrogen) atoms. The van der Waals surface area contributed by atoms with Crippen LogP contribution in [0, 0.1) is 29.1 Å². The second kappa shape index (κ2) is 8.81. The van der Waals surface area contributed by atoms with Crippen LogP contribution in [0.2, 0.25) is 0 Å². The normalized spacial score (nSPS) is 39.9. The van der Waals surface area contributed by atoms with Gasteiger partial charge in [0.15, 0.2) is 11.6 Å². The first-order chi connectivity index (χ1) is 17.8. The van der Waals surface area contributed by atoms with Gasteiger partial charge < -0.3 is 23.8 Å². The monoisotopic (exact) mass is 507 g/mol. The second-order valence-electron chi connectivity index (χ2n) is 13.4. The number of allylic oxidation sites excluding steroid dienone is 2. The Bertz CT molecular complexity index is 1050. The summed E-state index contributed by atoms with van der Waals surface area (Å²) in [5.41, 5.74) is 6.57. The molecule has 0 N–H and O–H groups in total. The molecule has 5 nitrogen and oxygen atoms in total. The maximum Gasteiger partial charge on any atom is 0.169 e. The fraction of sp³-hybridized carbons (Fsp3) is 0.750. The van der Waals surface area contributed by atoms with Crippen LogP contribution in [0.15, 0.2) is 35.4 Å². The summed E-state index contributed by atoms with van der Waals surface area (Å²) in [6.07, 6.45) is 9.52. The van der Waals surface area contributed by atoms with Gasteiger partial charge >= 0.3 is 0 Å². The zero-order valence-corrected chi connectivity index (χ0v) is 23.3. The van der Waals surface area contributed by atoms with E-state index in [1.165, 1.54) is 43.4 Å². The van der Waals surface area contributed by atoms with Crippen molar-refractivity contribution in [2.45, 2.75) is 82.7 Å². The number of ether oxygens (including phenoxy) is 4. The van der Waals surface area contributed by atoms with Crippen molar-refractivity contribution in [3.8, 4) is 0 Å². The van der Waals surface area contributed by atoms with E-state index in [1.807, 2.05) is 5.57 Å². The van der Waals surface area contributed by atoms with E-state index in [-0.39, 0.29) is 11.2 Å². The van der Waals surface area contributed by atoms with Crippen molar-refractivity contribution in [1.29, 1.82) is 0 Å². The lowest BCUT2D eigenvalue weighted by atomic mass is 9.50. The van der Waals surface area contributed by atoms with E-state index < -0.39 is 5.79 Å². The fourth-order valence-electron chi connectivity index (χ4n) is 9.88. The molecule has 4 aliphatic carbocycles. The average Bonchev–Trinajstić information content (AvgIpc) is 3.62. The summed E-state index contributed by atoms with van der Waals surface area (Å²) in [7, 11) is 4.26. The lowest BCUT2D eigenvalue weighted by Gasteiger charge is -2.56. The molecule has 3 saturated carbocycles. The number of fused-ring (bicyclic) bond motifs is 4. The van der Waals surface area contributed by atoms with Gasteiger partial charge in [-0.1, -0.05) is 30.2 Å². The molecular formula is C32H45NO4. The van der Waals surface area contributed by atoms with Crippen LogP contribution < -0.4 is 4.90 Å². The molecule has 5 heteroatoms. The van der Waals surface area contributed by atoms with Gasteiger partial charge in [-0.25, -0.2) is 0 Å². The summed E-state index contributed by atoms with van der Waals surface area (Å²) >= 11 is 0. The summed E-state index contributed by atoms with van der Waals surface area (Å²) in [5.74, 6) is 2.20. The van der Waals surface area contributed by atoms with Crippen molar-refractivity contribution >= 4 is 5.69 Å². The van der Waals surface area contributed by atoms with Crippen molar-refractivity contribution in [3.05, 3.63) is 41.0 Å². The van der Waals surface area contributed by atoms with Gasteiger partial charge in [0.1, 0.15) is 0 Å². The molecule has 2 aliphatic heterocycles. The Morgan fingerprint density at radius 1 is 0.811 bits per heavy atom. The number of anilines is 1. The van der Waals surface area contributed by atoms with E-state index in [9.17, 15) is 0 Å². The van der Waals surface area contributed by atoms with E-state index in [0.29, 0.717) is 23.7 Å². The highest BCUT2D eigenvalue weighted by Crippen LogP contribution is 2.68. The van der Waals surface area contributed by atoms with Crippen molar-refractivity contribution in [2.75, 3.05) is 45.4 Å². The standard InChI is InChI=1S/C32H45NO4/c1-30-20-26(21-5-8-23(9-6-21)33(3)4)29-24-13-14-32(36-17-18-37-32)19-22(24)7-10-25(29)27(30)11-12-28(30)31(2)34-15-16-35-31/h5-6,8-9,22,25-28H,7,10-20H2,1-4H3. The smallest absolute Gasteiger partial charge is 0.169 e. The number of benzene rings is 1. The predicted octanol–water partition coefficient (Wildman–Crippen LogP) is 6.29. The van der Waals surface area contributed by atoms with E-state index in [2.05, 4.69) is 57.1 Å². The van der Waals surface area contributed by atoms with Crippen molar-refractivity contribution in [3.63, 3.8) is 0 Å². The lowest BCUT2D eigenvalue weighted by molar-refractivity contribution is -0.210. The van der Waals surface area contributed by atoms with Crippen molar-refractivity contribution < 1.29 is 18.9 Å². The van der Waals surface area contributed by atoms with Crippen LogP contribution in [0.4, 0.5) is 5.69 Å². The first kappa shape index (κ1) is 24.6. The van der Waals surface area contributed by atoms with Crippen LogP contribution in [-0.2, 0) is 18.9 Å². The van der Waals surface area contributed by atoms with Crippen LogP contribution >= 0.6 is 0 Å². The van der Waals surface area contributed by atoms with Gasteiger partial charge in [0, 0.05) is 44.5 Å². The summed E-state index contributed by atoms with van der Waals surface area (Å²) < 4.78 is 25.1. The molecule has 1 spiro atoms. The Kier molecular flexibility index (Phi) is 5.86. The molecular weight excluding hydrogens is 462 g/mol. The highest BCUT2D eigenvalue weighted by molar-refractivity contribution is 5.49. The molecule has 5 fully saturated rings. The summed E-state index contributed by atoms with van der Waals surface area (Å²) in [6, 6.07) is 9.47. The van der Waals surface area contributed by atoms with Gasteiger partial charge in [-0.3, -0.25) is 0 Å². The summed E-state index contributed by atoms with van der Waals surface area (Å²) in [4.78, 5) is 2.20. The van der Waals surface area contributed by atoms with E-state index in [0.717, 1.165) is 51.6 Å². The molecule has 202 valence electrons. The van der Waals surface area contributed by atoms with Crippen LogP contribution in [0.1, 0.15) is 76.7 Å². The third-order valence-electron chi connectivity index (χ3n) is 11.5. The third-order valence-corrected chi connectivity index (χ3v) is 11.5. The Balaban J connectivity index is 1.30. The predicted molar refractivity (Wildman–Crippen MR) is 144 cm³/mol. The van der Waals surface area contributed by atoms with Gasteiger partial charge in [0.2, 0.25) is 0 Å². The molecule has 2 heterocycles. The SMILES string of the molecule is CN(C)c1ccc(C2CC3(C)C(CCC3C3(C)OCCO3)C3CCC4CC5(CCC4=C23)OCCO5)cc1. The van der Waals surface area contributed by atoms with Crippen LogP contribution in [0.3, 0.4) is 0 Å². The Labute approximate surface area is 222 Å². The maximum absolute atomic E-state index is 6.33. The minimum atomic E-state index is -0.431.